The summed E-state index contributed by atoms with van der Waals surface area (Å²) in [6, 6.07) is 3.99. The van der Waals surface area contributed by atoms with Gasteiger partial charge in [0, 0.05) is 24.5 Å². The van der Waals surface area contributed by atoms with Crippen LogP contribution in [0.4, 0.5) is 0 Å². The summed E-state index contributed by atoms with van der Waals surface area (Å²) in [5.41, 5.74) is 1.85. The second kappa shape index (κ2) is 5.06. The van der Waals surface area contributed by atoms with Crippen molar-refractivity contribution in [1.82, 2.24) is 9.88 Å². The van der Waals surface area contributed by atoms with Crippen LogP contribution in [0, 0.1) is 23.7 Å². The molecule has 1 saturated heterocycles. The maximum absolute atomic E-state index is 11.3. The molecule has 102 valence electrons. The molecule has 5 nitrogen and oxygen atoms in total. The fourth-order valence-electron chi connectivity index (χ4n) is 2.72. The Hall–Kier alpha value is -1.80. The number of H-pyrrole nitrogens is 1. The minimum atomic E-state index is -0.724. The van der Waals surface area contributed by atoms with Crippen LogP contribution in [0.25, 0.3) is 0 Å². The molecular formula is C14H19N3O2. The van der Waals surface area contributed by atoms with Gasteiger partial charge in [0.15, 0.2) is 0 Å². The largest absolute Gasteiger partial charge is 0.481 e. The Morgan fingerprint density at radius 3 is 3.00 bits per heavy atom. The predicted molar refractivity (Wildman–Crippen MR) is 70.5 cm³/mol. The normalized spacial score (nSPS) is 24.1. The molecule has 2 N–H and O–H groups in total. The van der Waals surface area contributed by atoms with Crippen molar-refractivity contribution in [3.8, 4) is 6.07 Å². The number of aromatic amines is 1. The number of likely N-dealkylation sites (tertiary alicyclic amines) is 1. The molecule has 0 radical (unpaired) electrons. The molecule has 1 fully saturated rings. The van der Waals surface area contributed by atoms with Crippen LogP contribution < -0.4 is 0 Å². The van der Waals surface area contributed by atoms with E-state index in [0.717, 1.165) is 30.8 Å². The summed E-state index contributed by atoms with van der Waals surface area (Å²) in [5.74, 6) is -0.724. The lowest BCUT2D eigenvalue weighted by Gasteiger charge is -2.37. The highest BCUT2D eigenvalue weighted by atomic mass is 16.4. The molecule has 0 spiro atoms. The summed E-state index contributed by atoms with van der Waals surface area (Å²) < 4.78 is 0. The standard InChI is InChI=1S/C14H19N3O2/c1-10-11(7-15)6-12(16-10)8-17-5-3-4-14(2,9-17)13(18)19/h6,16H,3-5,8-9H2,1-2H3,(H,18,19)/t14-/m1/s1. The molecule has 0 saturated carbocycles. The van der Waals surface area contributed by atoms with Crippen molar-refractivity contribution >= 4 is 5.97 Å². The number of carboxylic acids is 1. The molecule has 0 unspecified atom stereocenters. The third-order valence-electron chi connectivity index (χ3n) is 3.88. The van der Waals surface area contributed by atoms with E-state index in [9.17, 15) is 9.90 Å². The number of rotatable bonds is 3. The van der Waals surface area contributed by atoms with Gasteiger partial charge in [-0.25, -0.2) is 0 Å². The van der Waals surface area contributed by atoms with Gasteiger partial charge < -0.3 is 10.1 Å². The summed E-state index contributed by atoms with van der Waals surface area (Å²) in [6.07, 6.45) is 1.62. The van der Waals surface area contributed by atoms with Gasteiger partial charge in [-0.2, -0.15) is 5.26 Å². The first-order valence-corrected chi connectivity index (χ1v) is 6.49. The van der Waals surface area contributed by atoms with Gasteiger partial charge in [-0.3, -0.25) is 9.69 Å². The van der Waals surface area contributed by atoms with Crippen molar-refractivity contribution in [2.24, 2.45) is 5.41 Å². The Morgan fingerprint density at radius 1 is 1.68 bits per heavy atom. The summed E-state index contributed by atoms with van der Waals surface area (Å²) in [7, 11) is 0. The molecule has 0 aromatic carbocycles. The molecule has 1 aromatic heterocycles. The van der Waals surface area contributed by atoms with Gasteiger partial charge in [0.2, 0.25) is 0 Å². The molecule has 0 aliphatic carbocycles. The summed E-state index contributed by atoms with van der Waals surface area (Å²) in [4.78, 5) is 16.6. The van der Waals surface area contributed by atoms with E-state index >= 15 is 0 Å². The van der Waals surface area contributed by atoms with Crippen LogP contribution in [-0.2, 0) is 11.3 Å². The molecule has 19 heavy (non-hydrogen) atoms. The molecule has 1 aliphatic heterocycles. The lowest BCUT2D eigenvalue weighted by molar-refractivity contribution is -0.151. The van der Waals surface area contributed by atoms with Crippen LogP contribution in [0.3, 0.4) is 0 Å². The number of nitrogens with zero attached hydrogens (tertiary/aromatic N) is 2. The third-order valence-corrected chi connectivity index (χ3v) is 3.88. The Balaban J connectivity index is 2.07. The molecule has 2 rings (SSSR count). The van der Waals surface area contributed by atoms with Crippen LogP contribution in [0.15, 0.2) is 6.07 Å². The number of nitrogens with one attached hydrogen (secondary N) is 1. The molecular weight excluding hydrogens is 242 g/mol. The number of carboxylic acid groups (broad SMARTS) is 1. The van der Waals surface area contributed by atoms with E-state index in [1.165, 1.54) is 0 Å². The third kappa shape index (κ3) is 2.79. The quantitative estimate of drug-likeness (QED) is 0.870. The molecule has 0 amide bonds. The first-order valence-electron chi connectivity index (χ1n) is 6.49. The SMILES string of the molecule is Cc1[nH]c(CN2CCC[C@@](C)(C(=O)O)C2)cc1C#N. The number of hydrogen-bond donors (Lipinski definition) is 2. The maximum atomic E-state index is 11.3. The van der Waals surface area contributed by atoms with E-state index in [0.29, 0.717) is 18.7 Å². The molecule has 1 aromatic rings. The lowest BCUT2D eigenvalue weighted by atomic mass is 9.82. The number of aromatic nitrogens is 1. The number of aliphatic carboxylic acids is 1. The van der Waals surface area contributed by atoms with Crippen LogP contribution in [0.1, 0.15) is 36.7 Å². The van der Waals surface area contributed by atoms with Crippen molar-refractivity contribution < 1.29 is 9.90 Å². The molecule has 2 heterocycles. The van der Waals surface area contributed by atoms with Gasteiger partial charge in [0.1, 0.15) is 6.07 Å². The Morgan fingerprint density at radius 2 is 2.42 bits per heavy atom. The molecule has 1 atom stereocenters. The van der Waals surface area contributed by atoms with Gasteiger partial charge in [0.25, 0.3) is 0 Å². The van der Waals surface area contributed by atoms with E-state index in [-0.39, 0.29) is 0 Å². The number of hydrogen-bond acceptors (Lipinski definition) is 3. The summed E-state index contributed by atoms with van der Waals surface area (Å²) >= 11 is 0. The van der Waals surface area contributed by atoms with Crippen LogP contribution in [0.5, 0.6) is 0 Å². The van der Waals surface area contributed by atoms with E-state index in [2.05, 4.69) is 16.0 Å². The van der Waals surface area contributed by atoms with E-state index < -0.39 is 11.4 Å². The minimum absolute atomic E-state index is 0.558. The van der Waals surface area contributed by atoms with Gasteiger partial charge in [0.05, 0.1) is 11.0 Å². The average Bonchev–Trinajstić information content (AvgIpc) is 2.69. The van der Waals surface area contributed by atoms with E-state index in [1.807, 2.05) is 19.9 Å². The van der Waals surface area contributed by atoms with Gasteiger partial charge in [-0.1, -0.05) is 0 Å². The Bertz CT molecular complexity index is 529. The van der Waals surface area contributed by atoms with E-state index in [1.54, 1.807) is 0 Å². The fourth-order valence-corrected chi connectivity index (χ4v) is 2.72. The van der Waals surface area contributed by atoms with Gasteiger partial charge >= 0.3 is 5.97 Å². The van der Waals surface area contributed by atoms with Crippen molar-refractivity contribution in [2.45, 2.75) is 33.2 Å². The highest BCUT2D eigenvalue weighted by Crippen LogP contribution is 2.30. The van der Waals surface area contributed by atoms with Crippen LogP contribution in [0.2, 0.25) is 0 Å². The second-order valence-electron chi connectivity index (χ2n) is 5.63. The highest BCUT2D eigenvalue weighted by Gasteiger charge is 2.37. The topological polar surface area (TPSA) is 80.1 Å². The maximum Gasteiger partial charge on any atom is 0.310 e. The highest BCUT2D eigenvalue weighted by molar-refractivity contribution is 5.74. The number of carbonyl (C=O) groups is 1. The monoisotopic (exact) mass is 261 g/mol. The minimum Gasteiger partial charge on any atom is -0.481 e. The van der Waals surface area contributed by atoms with E-state index in [4.69, 9.17) is 5.26 Å². The van der Waals surface area contributed by atoms with Crippen molar-refractivity contribution in [2.75, 3.05) is 13.1 Å². The van der Waals surface area contributed by atoms with Crippen molar-refractivity contribution in [1.29, 1.82) is 5.26 Å². The number of aryl methyl sites for hydroxylation is 1. The smallest absolute Gasteiger partial charge is 0.310 e. The van der Waals surface area contributed by atoms with Crippen molar-refractivity contribution in [3.63, 3.8) is 0 Å². The molecule has 5 heteroatoms. The van der Waals surface area contributed by atoms with Gasteiger partial charge in [-0.15, -0.1) is 0 Å². The van der Waals surface area contributed by atoms with Crippen LogP contribution in [-0.4, -0.2) is 34.0 Å². The summed E-state index contributed by atoms with van der Waals surface area (Å²) in [5, 5.41) is 18.2. The zero-order chi connectivity index (χ0) is 14.0. The van der Waals surface area contributed by atoms with Crippen LogP contribution >= 0.6 is 0 Å². The molecule has 1 aliphatic rings. The zero-order valence-electron chi connectivity index (χ0n) is 11.4. The van der Waals surface area contributed by atoms with Crippen molar-refractivity contribution in [3.05, 3.63) is 23.0 Å². The van der Waals surface area contributed by atoms with Gasteiger partial charge in [-0.05, 0) is 39.3 Å². The number of piperidine rings is 1. The molecule has 0 bridgehead atoms. The predicted octanol–water partition coefficient (Wildman–Crippen LogP) is 1.88. The Kier molecular flexibility index (Phi) is 3.63. The summed E-state index contributed by atoms with van der Waals surface area (Å²) in [6.45, 7) is 5.82. The fraction of sp³-hybridized carbons (Fsp3) is 0.571. The first-order chi connectivity index (χ1) is 8.94. The number of nitriles is 1. The average molecular weight is 261 g/mol. The Labute approximate surface area is 112 Å². The lowest BCUT2D eigenvalue weighted by Crippen LogP contribution is -2.45. The first kappa shape index (κ1) is 13.6. The second-order valence-corrected chi connectivity index (χ2v) is 5.63. The zero-order valence-corrected chi connectivity index (χ0v) is 11.4.